The van der Waals surface area contributed by atoms with Crippen molar-refractivity contribution < 1.29 is 0 Å². The number of hydrogen-bond acceptors (Lipinski definition) is 2. The summed E-state index contributed by atoms with van der Waals surface area (Å²) >= 11 is 1.87. The van der Waals surface area contributed by atoms with E-state index in [1.54, 1.807) is 0 Å². The highest BCUT2D eigenvalue weighted by molar-refractivity contribution is 7.25. The number of hydrogen-bond donors (Lipinski definition) is 0. The zero-order chi connectivity index (χ0) is 34.6. The first-order valence-electron chi connectivity index (χ1n) is 18.2. The molecule has 0 saturated carbocycles. The molecule has 52 heavy (non-hydrogen) atoms. The Morgan fingerprint density at radius 1 is 0.423 bits per heavy atom. The van der Waals surface area contributed by atoms with Gasteiger partial charge in [-0.1, -0.05) is 153 Å². The van der Waals surface area contributed by atoms with Crippen LogP contribution in [-0.2, 0) is 10.8 Å². The van der Waals surface area contributed by atoms with Crippen molar-refractivity contribution in [3.63, 3.8) is 0 Å². The van der Waals surface area contributed by atoms with Crippen LogP contribution in [0.2, 0.25) is 0 Å². The molecule has 1 aromatic heterocycles. The van der Waals surface area contributed by atoms with E-state index in [0.29, 0.717) is 0 Å². The molecular weight excluding hydrogens is 647 g/mol. The Bertz CT molecular complexity index is 2820. The highest BCUT2D eigenvalue weighted by atomic mass is 32.1. The third-order valence-electron chi connectivity index (χ3n) is 11.9. The monoisotopic (exact) mass is 681 g/mol. The van der Waals surface area contributed by atoms with Crippen LogP contribution < -0.4 is 4.90 Å². The predicted octanol–water partition coefficient (Wildman–Crippen LogP) is 13.7. The molecule has 0 amide bonds. The van der Waals surface area contributed by atoms with Crippen molar-refractivity contribution >= 4 is 59.3 Å². The Labute approximate surface area is 308 Å². The van der Waals surface area contributed by atoms with Gasteiger partial charge in [-0.15, -0.1) is 11.3 Å². The van der Waals surface area contributed by atoms with Gasteiger partial charge >= 0.3 is 0 Å². The van der Waals surface area contributed by atoms with Gasteiger partial charge in [-0.2, -0.15) is 0 Å². The average molecular weight is 682 g/mol. The average Bonchev–Trinajstić information content (AvgIpc) is 3.80. The molecular formula is C50H35NS. The zero-order valence-corrected chi connectivity index (χ0v) is 29.9. The van der Waals surface area contributed by atoms with E-state index in [4.69, 9.17) is 0 Å². The molecule has 2 aliphatic carbocycles. The molecule has 0 fully saturated rings. The molecule has 0 bridgehead atoms. The van der Waals surface area contributed by atoms with E-state index in [-0.39, 0.29) is 5.41 Å². The maximum Gasteiger partial charge on any atom is 0.0713 e. The molecule has 2 aliphatic rings. The normalized spacial score (nSPS) is 14.7. The van der Waals surface area contributed by atoms with Crippen LogP contribution in [-0.4, -0.2) is 0 Å². The lowest BCUT2D eigenvalue weighted by Crippen LogP contribution is -2.30. The van der Waals surface area contributed by atoms with Crippen molar-refractivity contribution in [3.8, 4) is 11.1 Å². The van der Waals surface area contributed by atoms with E-state index >= 15 is 0 Å². The maximum atomic E-state index is 2.45. The smallest absolute Gasteiger partial charge is 0.0713 e. The second-order valence-corrected chi connectivity index (χ2v) is 15.9. The molecule has 2 heteroatoms. The van der Waals surface area contributed by atoms with E-state index < -0.39 is 5.41 Å². The van der Waals surface area contributed by atoms with Gasteiger partial charge in [-0.3, -0.25) is 0 Å². The minimum atomic E-state index is -0.423. The van der Waals surface area contributed by atoms with Crippen molar-refractivity contribution in [2.45, 2.75) is 24.7 Å². The van der Waals surface area contributed by atoms with E-state index in [0.717, 1.165) is 11.4 Å². The molecule has 0 atom stereocenters. The Morgan fingerprint density at radius 3 is 1.73 bits per heavy atom. The molecule has 0 spiro atoms. The lowest BCUT2D eigenvalue weighted by Gasteiger charge is -2.36. The summed E-state index contributed by atoms with van der Waals surface area (Å²) in [5.41, 5.74) is 14.1. The van der Waals surface area contributed by atoms with Gasteiger partial charge in [0.1, 0.15) is 0 Å². The zero-order valence-electron chi connectivity index (χ0n) is 29.1. The summed E-state index contributed by atoms with van der Waals surface area (Å²) < 4.78 is 2.62. The summed E-state index contributed by atoms with van der Waals surface area (Å²) in [4.78, 5) is 2.45. The fraction of sp³-hybridized carbons (Fsp3) is 0.0800. The van der Waals surface area contributed by atoms with Gasteiger partial charge in [0, 0.05) is 42.3 Å². The number of fused-ring (bicyclic) bond motifs is 4. The van der Waals surface area contributed by atoms with Crippen LogP contribution in [0.5, 0.6) is 0 Å². The molecule has 9 aromatic rings. The summed E-state index contributed by atoms with van der Waals surface area (Å²) in [5.74, 6) is 0. The molecule has 1 nitrogen and oxygen atoms in total. The molecule has 11 rings (SSSR count). The fourth-order valence-corrected chi connectivity index (χ4v) is 10.8. The summed E-state index contributed by atoms with van der Waals surface area (Å²) in [6.45, 7) is 4.77. The highest BCUT2D eigenvalue weighted by Gasteiger charge is 2.52. The summed E-state index contributed by atoms with van der Waals surface area (Å²) in [5, 5.41) is 5.09. The molecule has 1 heterocycles. The van der Waals surface area contributed by atoms with E-state index in [2.05, 4.69) is 195 Å². The highest BCUT2D eigenvalue weighted by Crippen LogP contribution is 2.64. The lowest BCUT2D eigenvalue weighted by molar-refractivity contribution is 0.652. The maximum absolute atomic E-state index is 2.45. The van der Waals surface area contributed by atoms with Crippen LogP contribution in [0.3, 0.4) is 0 Å². The van der Waals surface area contributed by atoms with Gasteiger partial charge < -0.3 is 4.90 Å². The van der Waals surface area contributed by atoms with Crippen LogP contribution in [0.1, 0.15) is 47.2 Å². The Hall–Kier alpha value is -5.96. The fourth-order valence-electron chi connectivity index (χ4n) is 9.62. The van der Waals surface area contributed by atoms with Crippen LogP contribution in [0.4, 0.5) is 17.1 Å². The second-order valence-electron chi connectivity index (χ2n) is 14.9. The molecule has 0 aliphatic heterocycles. The van der Waals surface area contributed by atoms with Crippen molar-refractivity contribution in [1.29, 1.82) is 0 Å². The lowest BCUT2D eigenvalue weighted by atomic mass is 9.66. The molecule has 0 radical (unpaired) electrons. The Balaban J connectivity index is 1.14. The molecule has 0 N–H and O–H groups in total. The standard InChI is InChI=1S/C50H35NS/c1-49(2)40-19-11-21-42-47(40)48-41(49)20-12-22-43(48)50(42,33-15-4-3-5-16-33)34-25-27-35(28-26-34)51(44-23-10-14-32-13-6-7-17-37(32)44)36-29-30-39-38-18-8-9-24-45(38)52-46(39)31-36/h3-31H,1-2H3. The van der Waals surface area contributed by atoms with Crippen LogP contribution >= 0.6 is 11.3 Å². The van der Waals surface area contributed by atoms with Crippen LogP contribution in [0.25, 0.3) is 42.1 Å². The van der Waals surface area contributed by atoms with Gasteiger partial charge in [-0.25, -0.2) is 0 Å². The van der Waals surface area contributed by atoms with E-state index in [1.165, 1.54) is 81.1 Å². The first kappa shape index (κ1) is 29.7. The van der Waals surface area contributed by atoms with Crippen molar-refractivity contribution in [2.75, 3.05) is 4.90 Å². The number of anilines is 3. The predicted molar refractivity (Wildman–Crippen MR) is 221 cm³/mol. The SMILES string of the molecule is CC1(C)c2cccc3c2-c2c1cccc2C3(c1ccccc1)c1ccc(N(c2ccc3c(c2)sc2ccccc23)c2cccc3ccccc23)cc1. The second kappa shape index (κ2) is 10.8. The minimum Gasteiger partial charge on any atom is -0.310 e. The van der Waals surface area contributed by atoms with E-state index in [9.17, 15) is 0 Å². The Morgan fingerprint density at radius 2 is 0.981 bits per heavy atom. The minimum absolute atomic E-state index is 0.0299. The first-order valence-corrected chi connectivity index (χ1v) is 19.0. The van der Waals surface area contributed by atoms with E-state index in [1.807, 2.05) is 11.3 Å². The van der Waals surface area contributed by atoms with Gasteiger partial charge in [-0.05, 0) is 86.3 Å². The molecule has 246 valence electrons. The van der Waals surface area contributed by atoms with Gasteiger partial charge in [0.25, 0.3) is 0 Å². The summed E-state index contributed by atoms with van der Waals surface area (Å²) in [7, 11) is 0. The van der Waals surface area contributed by atoms with Gasteiger partial charge in [0.2, 0.25) is 0 Å². The summed E-state index contributed by atoms with van der Waals surface area (Å²) in [6, 6.07) is 65.8. The number of benzene rings is 8. The first-order chi connectivity index (χ1) is 25.5. The van der Waals surface area contributed by atoms with Crippen molar-refractivity contribution in [1.82, 2.24) is 0 Å². The van der Waals surface area contributed by atoms with Gasteiger partial charge in [0.15, 0.2) is 0 Å². The van der Waals surface area contributed by atoms with Gasteiger partial charge in [0.05, 0.1) is 11.1 Å². The Kier molecular flexibility index (Phi) is 6.16. The number of thiophene rings is 1. The third kappa shape index (κ3) is 3.88. The number of rotatable bonds is 5. The van der Waals surface area contributed by atoms with Crippen molar-refractivity contribution in [2.24, 2.45) is 0 Å². The largest absolute Gasteiger partial charge is 0.310 e. The molecule has 0 unspecified atom stereocenters. The van der Waals surface area contributed by atoms with Crippen LogP contribution in [0, 0.1) is 0 Å². The quantitative estimate of drug-likeness (QED) is 0.175. The van der Waals surface area contributed by atoms with Crippen LogP contribution in [0.15, 0.2) is 176 Å². The molecule has 8 aromatic carbocycles. The topological polar surface area (TPSA) is 3.24 Å². The summed E-state index contributed by atoms with van der Waals surface area (Å²) in [6.07, 6.45) is 0. The third-order valence-corrected chi connectivity index (χ3v) is 13.1. The molecule has 0 saturated heterocycles. The number of nitrogens with zero attached hydrogens (tertiary/aromatic N) is 1. The van der Waals surface area contributed by atoms with Crippen molar-refractivity contribution in [3.05, 3.63) is 209 Å².